The molecule has 0 radical (unpaired) electrons. The number of methoxy groups -OCH3 is 1. The van der Waals surface area contributed by atoms with Gasteiger partial charge in [-0.1, -0.05) is 51.9 Å². The van der Waals surface area contributed by atoms with Crippen LogP contribution in [-0.2, 0) is 11.3 Å². The van der Waals surface area contributed by atoms with Gasteiger partial charge in [-0.3, -0.25) is 0 Å². The average molecular weight is 317 g/mol. The largest absolute Gasteiger partial charge is 0.467 e. The number of nitrogens with one attached hydrogen (secondary N) is 1. The average Bonchev–Trinajstić information content (AvgIpc) is 2.54. The second-order valence-corrected chi connectivity index (χ2v) is 6.35. The lowest BCUT2D eigenvalue weighted by Crippen LogP contribution is -2.20. The van der Waals surface area contributed by atoms with Crippen molar-refractivity contribution in [2.24, 2.45) is 0 Å². The molecular weight excluding hydrogens is 293 g/mol. The van der Waals surface area contributed by atoms with Gasteiger partial charge in [0.2, 0.25) is 0 Å². The molecular formula is C18H24NO2P. The Hall–Kier alpha value is -1.41. The summed E-state index contributed by atoms with van der Waals surface area (Å²) in [7, 11) is 2.21. The summed E-state index contributed by atoms with van der Waals surface area (Å²) in [6.07, 6.45) is 0. The fraction of sp³-hybridized carbons (Fsp3) is 0.333. The SMILES string of the molecule is CCNCc1cccc(C)c1Pc1ccccc1OCOC. The lowest BCUT2D eigenvalue weighted by molar-refractivity contribution is 0.0519. The van der Waals surface area contributed by atoms with Crippen molar-refractivity contribution >= 4 is 19.2 Å². The Bertz CT molecular complexity index is 601. The number of aryl methyl sites for hydroxylation is 1. The Morgan fingerprint density at radius 3 is 2.68 bits per heavy atom. The van der Waals surface area contributed by atoms with E-state index in [1.807, 2.05) is 12.1 Å². The molecule has 3 nitrogen and oxygen atoms in total. The monoisotopic (exact) mass is 317 g/mol. The predicted molar refractivity (Wildman–Crippen MR) is 95.1 cm³/mol. The van der Waals surface area contributed by atoms with Crippen molar-refractivity contribution in [2.75, 3.05) is 20.4 Å². The van der Waals surface area contributed by atoms with Gasteiger partial charge in [-0.15, -0.1) is 0 Å². The van der Waals surface area contributed by atoms with E-state index in [2.05, 4.69) is 49.5 Å². The van der Waals surface area contributed by atoms with Gasteiger partial charge in [-0.05, 0) is 36.0 Å². The lowest BCUT2D eigenvalue weighted by Gasteiger charge is -2.15. The van der Waals surface area contributed by atoms with E-state index in [0.29, 0.717) is 8.58 Å². The van der Waals surface area contributed by atoms with Crippen molar-refractivity contribution in [1.29, 1.82) is 0 Å². The molecule has 2 rings (SSSR count). The molecule has 1 unspecified atom stereocenters. The van der Waals surface area contributed by atoms with Crippen molar-refractivity contribution in [3.63, 3.8) is 0 Å². The van der Waals surface area contributed by atoms with E-state index in [9.17, 15) is 0 Å². The third-order valence-corrected chi connectivity index (χ3v) is 5.05. The minimum absolute atomic E-state index is 0.277. The molecule has 1 N–H and O–H groups in total. The molecule has 0 aliphatic carbocycles. The molecule has 2 aromatic carbocycles. The summed E-state index contributed by atoms with van der Waals surface area (Å²) in [6, 6.07) is 14.7. The first-order chi connectivity index (χ1) is 10.8. The highest BCUT2D eigenvalue weighted by Gasteiger charge is 2.10. The highest BCUT2D eigenvalue weighted by Crippen LogP contribution is 2.22. The Labute approximate surface area is 134 Å². The zero-order valence-corrected chi connectivity index (χ0v) is 14.5. The van der Waals surface area contributed by atoms with Gasteiger partial charge in [0.05, 0.1) is 0 Å². The van der Waals surface area contributed by atoms with Gasteiger partial charge < -0.3 is 14.8 Å². The van der Waals surface area contributed by atoms with Crippen LogP contribution < -0.4 is 20.7 Å². The van der Waals surface area contributed by atoms with Crippen LogP contribution in [0.2, 0.25) is 0 Å². The first-order valence-corrected chi connectivity index (χ1v) is 8.53. The number of ether oxygens (including phenoxy) is 2. The number of hydrogen-bond donors (Lipinski definition) is 1. The zero-order chi connectivity index (χ0) is 15.8. The summed E-state index contributed by atoms with van der Waals surface area (Å²) in [5.41, 5.74) is 2.69. The summed E-state index contributed by atoms with van der Waals surface area (Å²) >= 11 is 0. The van der Waals surface area contributed by atoms with Crippen molar-refractivity contribution in [3.05, 3.63) is 53.6 Å². The molecule has 2 aromatic rings. The van der Waals surface area contributed by atoms with E-state index in [1.54, 1.807) is 7.11 Å². The van der Waals surface area contributed by atoms with Crippen molar-refractivity contribution in [2.45, 2.75) is 20.4 Å². The van der Waals surface area contributed by atoms with E-state index in [-0.39, 0.29) is 6.79 Å². The van der Waals surface area contributed by atoms with Crippen LogP contribution in [0.4, 0.5) is 0 Å². The maximum Gasteiger partial charge on any atom is 0.188 e. The molecule has 0 heterocycles. The van der Waals surface area contributed by atoms with Gasteiger partial charge in [0, 0.05) is 19.0 Å². The van der Waals surface area contributed by atoms with E-state index in [0.717, 1.165) is 18.8 Å². The van der Waals surface area contributed by atoms with Crippen molar-refractivity contribution in [1.82, 2.24) is 5.32 Å². The fourth-order valence-corrected chi connectivity index (χ4v) is 3.61. The van der Waals surface area contributed by atoms with E-state index in [1.165, 1.54) is 21.7 Å². The van der Waals surface area contributed by atoms with E-state index < -0.39 is 0 Å². The van der Waals surface area contributed by atoms with Gasteiger partial charge in [-0.2, -0.15) is 0 Å². The van der Waals surface area contributed by atoms with E-state index >= 15 is 0 Å². The second kappa shape index (κ2) is 8.89. The first kappa shape index (κ1) is 17.0. The number of para-hydroxylation sites is 1. The van der Waals surface area contributed by atoms with Gasteiger partial charge >= 0.3 is 0 Å². The van der Waals surface area contributed by atoms with Gasteiger partial charge in [-0.25, -0.2) is 0 Å². The fourth-order valence-electron chi connectivity index (χ4n) is 2.27. The zero-order valence-electron chi connectivity index (χ0n) is 13.5. The van der Waals surface area contributed by atoms with E-state index in [4.69, 9.17) is 9.47 Å². The topological polar surface area (TPSA) is 30.5 Å². The Balaban J connectivity index is 2.26. The molecule has 4 heteroatoms. The standard InChI is InChI=1S/C18H24NO2P/c1-4-19-12-15-9-7-8-14(2)18(15)22-17-11-6-5-10-16(17)21-13-20-3/h5-11,19,22H,4,12-13H2,1-3H3. The van der Waals surface area contributed by atoms with Crippen LogP contribution in [0.1, 0.15) is 18.1 Å². The van der Waals surface area contributed by atoms with Gasteiger partial charge in [0.15, 0.2) is 6.79 Å². The smallest absolute Gasteiger partial charge is 0.188 e. The molecule has 0 aromatic heterocycles. The van der Waals surface area contributed by atoms with Crippen LogP contribution in [-0.4, -0.2) is 20.4 Å². The summed E-state index contributed by atoms with van der Waals surface area (Å²) in [4.78, 5) is 0. The lowest BCUT2D eigenvalue weighted by atomic mass is 10.1. The molecule has 0 saturated heterocycles. The number of benzene rings is 2. The van der Waals surface area contributed by atoms with Crippen molar-refractivity contribution in [3.8, 4) is 5.75 Å². The molecule has 0 bridgehead atoms. The Kier molecular flexibility index (Phi) is 6.85. The highest BCUT2D eigenvalue weighted by molar-refractivity contribution is 7.56. The third-order valence-electron chi connectivity index (χ3n) is 3.40. The molecule has 0 saturated carbocycles. The molecule has 0 spiro atoms. The number of hydrogen-bond acceptors (Lipinski definition) is 3. The minimum atomic E-state index is 0.277. The van der Waals surface area contributed by atoms with Crippen LogP contribution in [0.5, 0.6) is 5.75 Å². The normalized spacial score (nSPS) is 11.2. The van der Waals surface area contributed by atoms with Gasteiger partial charge in [0.25, 0.3) is 0 Å². The Morgan fingerprint density at radius 1 is 1.09 bits per heavy atom. The van der Waals surface area contributed by atoms with Crippen LogP contribution in [0.3, 0.4) is 0 Å². The van der Waals surface area contributed by atoms with Crippen LogP contribution >= 0.6 is 8.58 Å². The maximum absolute atomic E-state index is 5.69. The molecule has 118 valence electrons. The second-order valence-electron chi connectivity index (χ2n) is 5.06. The molecule has 0 amide bonds. The van der Waals surface area contributed by atoms with Gasteiger partial charge in [0.1, 0.15) is 5.75 Å². The first-order valence-electron chi connectivity index (χ1n) is 7.53. The van der Waals surface area contributed by atoms with Crippen LogP contribution in [0, 0.1) is 6.92 Å². The van der Waals surface area contributed by atoms with Crippen LogP contribution in [0.15, 0.2) is 42.5 Å². The van der Waals surface area contributed by atoms with Crippen molar-refractivity contribution < 1.29 is 9.47 Å². The summed E-state index contributed by atoms with van der Waals surface area (Å²) in [5, 5.41) is 6.03. The summed E-state index contributed by atoms with van der Waals surface area (Å²) in [6.45, 7) is 6.47. The maximum atomic E-state index is 5.69. The quantitative estimate of drug-likeness (QED) is 0.600. The van der Waals surface area contributed by atoms with Crippen LogP contribution in [0.25, 0.3) is 0 Å². The predicted octanol–water partition coefficient (Wildman–Crippen LogP) is 2.72. The minimum Gasteiger partial charge on any atom is -0.467 e. The Morgan fingerprint density at radius 2 is 1.91 bits per heavy atom. The third kappa shape index (κ3) is 4.54. The highest BCUT2D eigenvalue weighted by atomic mass is 31.1. The number of rotatable bonds is 8. The summed E-state index contributed by atoms with van der Waals surface area (Å²) in [5.74, 6) is 0.903. The molecule has 22 heavy (non-hydrogen) atoms. The molecule has 1 atom stereocenters. The molecule has 0 aliphatic heterocycles. The molecule has 0 aliphatic rings. The molecule has 0 fully saturated rings. The summed E-state index contributed by atoms with van der Waals surface area (Å²) < 4.78 is 10.7.